The number of amides is 3. The molecule has 2 fully saturated rings. The third-order valence-corrected chi connectivity index (χ3v) is 9.09. The van der Waals surface area contributed by atoms with Gasteiger partial charge in [0.25, 0.3) is 5.91 Å². The molecule has 0 spiro atoms. The lowest BCUT2D eigenvalue weighted by Gasteiger charge is -2.36. The first-order chi connectivity index (χ1) is 18.1. The maximum atomic E-state index is 13.1. The van der Waals surface area contributed by atoms with Gasteiger partial charge in [-0.05, 0) is 82.5 Å². The van der Waals surface area contributed by atoms with Gasteiger partial charge < -0.3 is 14.8 Å². The quantitative estimate of drug-likeness (QED) is 0.415. The standard InChI is InChI=1S/C28H43N3O5S2/c1-19(29-26(33)23-18-37-16-15-31(23)27(34)36-28(2,3)4)25(32)30-38-24(21-9-7-6-8-10-21)17-20-11-13-22(35-5)14-12-20/h11-14,19,21,23-24H,6-10,15-18H2,1-5H3,(H,29,33)(H,30,32)/t19-,23-,24?/m1/s1. The zero-order valence-electron chi connectivity index (χ0n) is 23.3. The number of carbonyl (C=O) groups is 3. The second-order valence-corrected chi connectivity index (χ2v) is 13.3. The van der Waals surface area contributed by atoms with Gasteiger partial charge in [0.15, 0.2) is 0 Å². The summed E-state index contributed by atoms with van der Waals surface area (Å²) in [6, 6.07) is 6.71. The molecule has 1 aliphatic heterocycles. The van der Waals surface area contributed by atoms with E-state index in [4.69, 9.17) is 9.47 Å². The maximum Gasteiger partial charge on any atom is 0.411 e. The van der Waals surface area contributed by atoms with Crippen molar-refractivity contribution >= 4 is 41.6 Å². The summed E-state index contributed by atoms with van der Waals surface area (Å²) in [5.41, 5.74) is 0.565. The molecule has 8 nitrogen and oxygen atoms in total. The molecule has 1 saturated carbocycles. The van der Waals surface area contributed by atoms with Crippen molar-refractivity contribution in [1.82, 2.24) is 14.9 Å². The van der Waals surface area contributed by atoms with Gasteiger partial charge in [-0.15, -0.1) is 0 Å². The van der Waals surface area contributed by atoms with Gasteiger partial charge in [-0.3, -0.25) is 19.2 Å². The Morgan fingerprint density at radius 1 is 1.13 bits per heavy atom. The Hall–Kier alpha value is -2.07. The lowest BCUT2D eigenvalue weighted by Crippen LogP contribution is -2.57. The number of thioether (sulfide) groups is 1. The molecule has 1 aromatic carbocycles. The summed E-state index contributed by atoms with van der Waals surface area (Å²) in [5.74, 6) is 1.99. The molecule has 0 aromatic heterocycles. The van der Waals surface area contributed by atoms with Crippen LogP contribution in [-0.4, -0.2) is 70.9 Å². The molecular weight excluding hydrogens is 522 g/mol. The third kappa shape index (κ3) is 9.29. The summed E-state index contributed by atoms with van der Waals surface area (Å²) in [6.07, 6.45) is 6.39. The van der Waals surface area contributed by atoms with Crippen LogP contribution in [0.2, 0.25) is 0 Å². The van der Waals surface area contributed by atoms with Gasteiger partial charge in [0.2, 0.25) is 5.91 Å². The highest BCUT2D eigenvalue weighted by Crippen LogP contribution is 2.34. The summed E-state index contributed by atoms with van der Waals surface area (Å²) in [7, 11) is 1.66. The number of ether oxygens (including phenoxy) is 2. The van der Waals surface area contributed by atoms with Crippen LogP contribution in [0.25, 0.3) is 0 Å². The maximum absolute atomic E-state index is 13.1. The topological polar surface area (TPSA) is 97.0 Å². The second-order valence-electron chi connectivity index (χ2n) is 11.1. The predicted molar refractivity (Wildman–Crippen MR) is 154 cm³/mol. The van der Waals surface area contributed by atoms with E-state index in [2.05, 4.69) is 22.2 Å². The first-order valence-electron chi connectivity index (χ1n) is 13.5. The highest BCUT2D eigenvalue weighted by Gasteiger charge is 2.36. The molecule has 2 aliphatic rings. The molecule has 2 N–H and O–H groups in total. The van der Waals surface area contributed by atoms with Crippen LogP contribution in [0.5, 0.6) is 5.75 Å². The zero-order chi connectivity index (χ0) is 27.7. The first kappa shape index (κ1) is 30.5. The third-order valence-electron chi connectivity index (χ3n) is 6.89. The van der Waals surface area contributed by atoms with E-state index in [0.29, 0.717) is 18.2 Å². The number of hydrogen-bond acceptors (Lipinski definition) is 7. The molecule has 10 heteroatoms. The summed E-state index contributed by atoms with van der Waals surface area (Å²) < 4.78 is 13.8. The Kier molecular flexibility index (Phi) is 11.5. The Labute approximate surface area is 235 Å². The number of benzene rings is 1. The molecule has 1 aliphatic carbocycles. The summed E-state index contributed by atoms with van der Waals surface area (Å²) in [4.78, 5) is 40.3. The molecule has 212 valence electrons. The number of carbonyl (C=O) groups excluding carboxylic acids is 3. The van der Waals surface area contributed by atoms with E-state index in [1.165, 1.54) is 41.7 Å². The fourth-order valence-electron chi connectivity index (χ4n) is 4.76. The highest BCUT2D eigenvalue weighted by molar-refractivity contribution is 7.99. The molecule has 1 aromatic rings. The van der Waals surface area contributed by atoms with Gasteiger partial charge in [-0.1, -0.05) is 31.4 Å². The van der Waals surface area contributed by atoms with Crippen molar-refractivity contribution in [2.75, 3.05) is 25.2 Å². The fraction of sp³-hybridized carbons (Fsp3) is 0.679. The van der Waals surface area contributed by atoms with Crippen LogP contribution < -0.4 is 14.8 Å². The van der Waals surface area contributed by atoms with E-state index < -0.39 is 23.8 Å². The molecular formula is C28H43N3O5S2. The molecule has 1 saturated heterocycles. The van der Waals surface area contributed by atoms with Gasteiger partial charge in [-0.25, -0.2) is 4.79 Å². The van der Waals surface area contributed by atoms with Crippen LogP contribution in [0.3, 0.4) is 0 Å². The molecule has 3 rings (SSSR count). The van der Waals surface area contributed by atoms with Crippen LogP contribution in [0, 0.1) is 5.92 Å². The molecule has 38 heavy (non-hydrogen) atoms. The number of hydrogen-bond donors (Lipinski definition) is 2. The number of rotatable bonds is 9. The summed E-state index contributed by atoms with van der Waals surface area (Å²) in [5, 5.41) is 3.07. The number of methoxy groups -OCH3 is 1. The normalized spacial score (nSPS) is 20.2. The lowest BCUT2D eigenvalue weighted by atomic mass is 9.85. The number of nitrogens with zero attached hydrogens (tertiary/aromatic N) is 1. The van der Waals surface area contributed by atoms with Crippen LogP contribution in [0.4, 0.5) is 4.79 Å². The average Bonchev–Trinajstić information content (AvgIpc) is 2.90. The molecule has 1 unspecified atom stereocenters. The van der Waals surface area contributed by atoms with Gasteiger partial charge in [-0.2, -0.15) is 11.8 Å². The van der Waals surface area contributed by atoms with E-state index in [1.54, 1.807) is 46.6 Å². The van der Waals surface area contributed by atoms with Crippen LogP contribution >= 0.6 is 23.7 Å². The SMILES string of the molecule is COc1ccc(CC(SNC(=O)[C@@H](C)NC(=O)[C@H]2CSCCN2C(=O)OC(C)(C)C)C2CCCCC2)cc1. The van der Waals surface area contributed by atoms with Crippen molar-refractivity contribution in [3.8, 4) is 5.75 Å². The van der Waals surface area contributed by atoms with Crippen LogP contribution in [0.15, 0.2) is 24.3 Å². The largest absolute Gasteiger partial charge is 0.497 e. The molecule has 0 bridgehead atoms. The smallest absolute Gasteiger partial charge is 0.411 e. The molecule has 1 heterocycles. The van der Waals surface area contributed by atoms with Gasteiger partial charge in [0, 0.05) is 23.3 Å². The van der Waals surface area contributed by atoms with Crippen LogP contribution in [0.1, 0.15) is 65.4 Å². The Morgan fingerprint density at radius 2 is 1.82 bits per heavy atom. The minimum absolute atomic E-state index is 0.243. The zero-order valence-corrected chi connectivity index (χ0v) is 24.9. The summed E-state index contributed by atoms with van der Waals surface area (Å²) >= 11 is 3.09. The van der Waals surface area contributed by atoms with E-state index >= 15 is 0 Å². The van der Waals surface area contributed by atoms with Crippen molar-refractivity contribution < 1.29 is 23.9 Å². The monoisotopic (exact) mass is 565 g/mol. The van der Waals surface area contributed by atoms with Crippen LogP contribution in [-0.2, 0) is 20.7 Å². The van der Waals surface area contributed by atoms with E-state index in [9.17, 15) is 14.4 Å². The second kappa shape index (κ2) is 14.4. The molecule has 3 atom stereocenters. The Bertz CT molecular complexity index is 931. The van der Waals surface area contributed by atoms with E-state index in [-0.39, 0.29) is 17.1 Å². The van der Waals surface area contributed by atoms with Gasteiger partial charge >= 0.3 is 6.09 Å². The summed E-state index contributed by atoms with van der Waals surface area (Å²) in [6.45, 7) is 7.52. The van der Waals surface area contributed by atoms with Crippen molar-refractivity contribution in [2.24, 2.45) is 5.92 Å². The van der Waals surface area contributed by atoms with Crippen molar-refractivity contribution in [3.05, 3.63) is 29.8 Å². The lowest BCUT2D eigenvalue weighted by molar-refractivity contribution is -0.130. The first-order valence-corrected chi connectivity index (χ1v) is 15.6. The van der Waals surface area contributed by atoms with Crippen molar-refractivity contribution in [3.63, 3.8) is 0 Å². The highest BCUT2D eigenvalue weighted by atomic mass is 32.2. The van der Waals surface area contributed by atoms with Gasteiger partial charge in [0.1, 0.15) is 23.4 Å². The van der Waals surface area contributed by atoms with Crippen molar-refractivity contribution in [1.29, 1.82) is 0 Å². The fourth-order valence-corrected chi connectivity index (χ4v) is 6.99. The average molecular weight is 566 g/mol. The Morgan fingerprint density at radius 3 is 2.45 bits per heavy atom. The predicted octanol–water partition coefficient (Wildman–Crippen LogP) is 4.81. The minimum atomic E-state index is -0.726. The van der Waals surface area contributed by atoms with E-state index in [1.807, 2.05) is 12.1 Å². The van der Waals surface area contributed by atoms with Crippen molar-refractivity contribution in [2.45, 2.75) is 89.2 Å². The molecule has 0 radical (unpaired) electrons. The molecule has 3 amide bonds. The number of nitrogens with one attached hydrogen (secondary N) is 2. The Balaban J connectivity index is 1.57. The van der Waals surface area contributed by atoms with Gasteiger partial charge in [0.05, 0.1) is 7.11 Å². The minimum Gasteiger partial charge on any atom is -0.497 e. The van der Waals surface area contributed by atoms with E-state index in [0.717, 1.165) is 30.8 Å².